The maximum Gasteiger partial charge on any atom is 0.417 e. The van der Waals surface area contributed by atoms with E-state index in [4.69, 9.17) is 4.74 Å². The van der Waals surface area contributed by atoms with Crippen molar-refractivity contribution in [2.24, 2.45) is 0 Å². The number of aromatic nitrogens is 3. The van der Waals surface area contributed by atoms with Gasteiger partial charge in [-0.1, -0.05) is 0 Å². The lowest BCUT2D eigenvalue weighted by Crippen LogP contribution is -2.36. The zero-order chi connectivity index (χ0) is 19.9. The van der Waals surface area contributed by atoms with Gasteiger partial charge < -0.3 is 14.7 Å². The van der Waals surface area contributed by atoms with E-state index in [1.54, 1.807) is 6.07 Å². The van der Waals surface area contributed by atoms with Crippen molar-refractivity contribution in [2.75, 3.05) is 31.2 Å². The van der Waals surface area contributed by atoms with Gasteiger partial charge in [-0.05, 0) is 30.3 Å². The van der Waals surface area contributed by atoms with Gasteiger partial charge in [0.15, 0.2) is 11.5 Å². The third kappa shape index (κ3) is 3.26. The molecular weight excluding hydrogens is 377 g/mol. The van der Waals surface area contributed by atoms with Crippen LogP contribution in [0.25, 0.3) is 17.0 Å². The number of carboxylic acids is 1. The second-order valence-corrected chi connectivity index (χ2v) is 6.26. The number of anilines is 1. The predicted molar refractivity (Wildman–Crippen MR) is 93.4 cm³/mol. The number of hydrogen-bond donors (Lipinski definition) is 1. The maximum atomic E-state index is 13.7. The van der Waals surface area contributed by atoms with Gasteiger partial charge in [-0.2, -0.15) is 13.2 Å². The van der Waals surface area contributed by atoms with Crippen LogP contribution < -0.4 is 4.90 Å². The average Bonchev–Trinajstić information content (AvgIpc) is 3.11. The summed E-state index contributed by atoms with van der Waals surface area (Å²) in [4.78, 5) is 17.2. The van der Waals surface area contributed by atoms with Crippen molar-refractivity contribution in [3.05, 3.63) is 47.7 Å². The van der Waals surface area contributed by atoms with E-state index in [1.807, 2.05) is 4.90 Å². The molecule has 0 spiro atoms. The Morgan fingerprint density at radius 2 is 1.93 bits per heavy atom. The van der Waals surface area contributed by atoms with Crippen LogP contribution in [-0.2, 0) is 10.9 Å². The Balaban J connectivity index is 1.84. The van der Waals surface area contributed by atoms with Gasteiger partial charge in [-0.25, -0.2) is 14.3 Å². The molecule has 28 heavy (non-hydrogen) atoms. The van der Waals surface area contributed by atoms with Crippen molar-refractivity contribution in [2.45, 2.75) is 6.18 Å². The fraction of sp³-hybridized carbons (Fsp3) is 0.278. The van der Waals surface area contributed by atoms with Crippen LogP contribution in [0.2, 0.25) is 0 Å². The summed E-state index contributed by atoms with van der Waals surface area (Å²) in [6, 6.07) is 6.75. The van der Waals surface area contributed by atoms with Crippen LogP contribution in [0.3, 0.4) is 0 Å². The fourth-order valence-corrected chi connectivity index (χ4v) is 3.17. The topological polar surface area (TPSA) is 80.0 Å². The second-order valence-electron chi connectivity index (χ2n) is 6.26. The molecule has 1 fully saturated rings. The number of rotatable bonds is 3. The van der Waals surface area contributed by atoms with Crippen LogP contribution in [0, 0.1) is 0 Å². The van der Waals surface area contributed by atoms with Crippen molar-refractivity contribution in [3.63, 3.8) is 0 Å². The molecule has 146 valence electrons. The average molecular weight is 392 g/mol. The Morgan fingerprint density at radius 3 is 2.61 bits per heavy atom. The first kappa shape index (κ1) is 18.2. The first-order valence-corrected chi connectivity index (χ1v) is 8.47. The summed E-state index contributed by atoms with van der Waals surface area (Å²) in [5, 5.41) is 13.3. The summed E-state index contributed by atoms with van der Waals surface area (Å²) in [6.07, 6.45) is -3.18. The number of fused-ring (bicyclic) bond motifs is 1. The first-order valence-electron chi connectivity index (χ1n) is 8.47. The molecule has 7 nitrogen and oxygen atoms in total. The highest BCUT2D eigenvalue weighted by Gasteiger charge is 2.35. The Labute approximate surface area is 157 Å². The van der Waals surface area contributed by atoms with Gasteiger partial charge in [0.05, 0.1) is 18.8 Å². The minimum atomic E-state index is -4.62. The molecular formula is C18H15F3N4O3. The van der Waals surface area contributed by atoms with Gasteiger partial charge in [0, 0.05) is 30.5 Å². The number of benzene rings is 1. The van der Waals surface area contributed by atoms with Crippen LogP contribution in [-0.4, -0.2) is 52.0 Å². The number of carbonyl (C=O) groups is 1. The lowest BCUT2D eigenvalue weighted by Gasteiger charge is -2.29. The Kier molecular flexibility index (Phi) is 4.42. The van der Waals surface area contributed by atoms with Crippen molar-refractivity contribution >= 4 is 17.3 Å². The highest BCUT2D eigenvalue weighted by Crippen LogP contribution is 2.38. The summed E-state index contributed by atoms with van der Waals surface area (Å²) >= 11 is 0. The molecule has 0 radical (unpaired) electrons. The summed E-state index contributed by atoms with van der Waals surface area (Å²) in [5.41, 5.74) is -0.793. The first-order chi connectivity index (χ1) is 13.3. The number of ether oxygens (including phenoxy) is 1. The number of alkyl halides is 3. The Morgan fingerprint density at radius 1 is 1.18 bits per heavy atom. The molecule has 0 saturated carbocycles. The smallest absolute Gasteiger partial charge is 0.417 e. The molecule has 1 N–H and O–H groups in total. The summed E-state index contributed by atoms with van der Waals surface area (Å²) in [7, 11) is 0. The van der Waals surface area contributed by atoms with Gasteiger partial charge in [0.25, 0.3) is 0 Å². The molecule has 0 aliphatic carbocycles. The van der Waals surface area contributed by atoms with E-state index in [-0.39, 0.29) is 22.6 Å². The highest BCUT2D eigenvalue weighted by molar-refractivity contribution is 5.94. The predicted octanol–water partition coefficient (Wildman–Crippen LogP) is 2.95. The lowest BCUT2D eigenvalue weighted by molar-refractivity contribution is -0.137. The van der Waals surface area contributed by atoms with E-state index in [1.165, 1.54) is 24.4 Å². The Hall–Kier alpha value is -3.14. The third-order valence-electron chi connectivity index (χ3n) is 4.52. The monoisotopic (exact) mass is 392 g/mol. The van der Waals surface area contributed by atoms with Gasteiger partial charge in [-0.3, -0.25) is 0 Å². The number of carboxylic acid groups (broad SMARTS) is 1. The molecule has 1 aliphatic rings. The highest BCUT2D eigenvalue weighted by atomic mass is 19.4. The van der Waals surface area contributed by atoms with Crippen molar-refractivity contribution in [1.29, 1.82) is 0 Å². The van der Waals surface area contributed by atoms with Crippen molar-refractivity contribution in [3.8, 4) is 11.4 Å². The van der Waals surface area contributed by atoms with E-state index in [0.29, 0.717) is 32.0 Å². The summed E-state index contributed by atoms with van der Waals surface area (Å²) in [5.74, 6) is -1.42. The quantitative estimate of drug-likeness (QED) is 0.738. The molecule has 3 heterocycles. The maximum absolute atomic E-state index is 13.7. The van der Waals surface area contributed by atoms with Gasteiger partial charge in [-0.15, -0.1) is 5.10 Å². The summed E-state index contributed by atoms with van der Waals surface area (Å²) < 4.78 is 47.6. The zero-order valence-corrected chi connectivity index (χ0v) is 14.5. The molecule has 10 heteroatoms. The number of pyridine rings is 1. The normalized spacial score (nSPS) is 15.2. The number of morpholine rings is 1. The minimum Gasteiger partial charge on any atom is -0.478 e. The molecule has 0 amide bonds. The van der Waals surface area contributed by atoms with Crippen molar-refractivity contribution in [1.82, 2.24) is 14.6 Å². The number of aromatic carboxylic acids is 1. The largest absolute Gasteiger partial charge is 0.478 e. The van der Waals surface area contributed by atoms with E-state index in [2.05, 4.69) is 10.1 Å². The third-order valence-corrected chi connectivity index (χ3v) is 4.52. The van der Waals surface area contributed by atoms with Crippen LogP contribution in [0.4, 0.5) is 18.9 Å². The SMILES string of the molecule is O=C(O)c1cccn2nc(-c3ccc(N4CCOCC4)cc3C(F)(F)F)nc12. The summed E-state index contributed by atoms with van der Waals surface area (Å²) in [6.45, 7) is 1.92. The molecule has 3 aromatic rings. The van der Waals surface area contributed by atoms with Crippen molar-refractivity contribution < 1.29 is 27.8 Å². The molecule has 4 rings (SSSR count). The van der Waals surface area contributed by atoms with Crippen LogP contribution in [0.1, 0.15) is 15.9 Å². The van der Waals surface area contributed by atoms with Crippen LogP contribution >= 0.6 is 0 Å². The van der Waals surface area contributed by atoms with E-state index in [9.17, 15) is 23.1 Å². The van der Waals surface area contributed by atoms with E-state index >= 15 is 0 Å². The van der Waals surface area contributed by atoms with Crippen LogP contribution in [0.15, 0.2) is 36.5 Å². The molecule has 1 aromatic carbocycles. The minimum absolute atomic E-state index is 0.0182. The van der Waals surface area contributed by atoms with E-state index in [0.717, 1.165) is 10.6 Å². The molecule has 1 aliphatic heterocycles. The Bertz CT molecular complexity index is 1040. The molecule has 2 aromatic heterocycles. The number of nitrogens with zero attached hydrogens (tertiary/aromatic N) is 4. The lowest BCUT2D eigenvalue weighted by atomic mass is 10.0. The number of hydrogen-bond acceptors (Lipinski definition) is 5. The van der Waals surface area contributed by atoms with Crippen LogP contribution in [0.5, 0.6) is 0 Å². The number of halogens is 3. The fourth-order valence-electron chi connectivity index (χ4n) is 3.17. The molecule has 0 bridgehead atoms. The van der Waals surface area contributed by atoms with Gasteiger partial charge >= 0.3 is 12.1 Å². The second kappa shape index (κ2) is 6.79. The van der Waals surface area contributed by atoms with Gasteiger partial charge in [0.1, 0.15) is 5.56 Å². The van der Waals surface area contributed by atoms with E-state index < -0.39 is 17.7 Å². The standard InChI is InChI=1S/C18H15F3N4O3/c19-18(20,21)14-10-11(24-6-8-28-9-7-24)3-4-12(14)15-22-16-13(17(26)27)2-1-5-25(16)23-15/h1-5,10H,6-9H2,(H,26,27). The molecule has 0 atom stereocenters. The zero-order valence-electron chi connectivity index (χ0n) is 14.5. The molecule has 1 saturated heterocycles. The van der Waals surface area contributed by atoms with Gasteiger partial charge in [0.2, 0.25) is 0 Å². The molecule has 0 unspecified atom stereocenters.